The van der Waals surface area contributed by atoms with Crippen molar-refractivity contribution in [3.63, 3.8) is 0 Å². The number of carbonyl (C=O) groups is 1. The zero-order valence-electron chi connectivity index (χ0n) is 4.42. The van der Waals surface area contributed by atoms with Crippen LogP contribution in [0.25, 0.3) is 0 Å². The molecule has 0 amide bonds. The lowest BCUT2D eigenvalue weighted by Crippen LogP contribution is -2.35. The summed E-state index contributed by atoms with van der Waals surface area (Å²) in [5.41, 5.74) is 5.13. The predicted molar refractivity (Wildman–Crippen MR) is 24.7 cm³/mol. The third-order valence-corrected chi connectivity index (χ3v) is 1.12. The van der Waals surface area contributed by atoms with E-state index in [1.165, 1.54) is 6.92 Å². The van der Waals surface area contributed by atoms with Crippen molar-refractivity contribution < 1.29 is 14.6 Å². The molecule has 0 aliphatic carbocycles. The molecule has 2 unspecified atom stereocenters. The van der Waals surface area contributed by atoms with Crippen molar-refractivity contribution in [1.29, 1.82) is 0 Å². The van der Waals surface area contributed by atoms with Gasteiger partial charge in [0.2, 0.25) is 0 Å². The summed E-state index contributed by atoms with van der Waals surface area (Å²) >= 11 is 0. The summed E-state index contributed by atoms with van der Waals surface area (Å²) in [5.74, 6) is -2.28. The second kappa shape index (κ2) is 1.21. The average Bonchev–Trinajstić information content (AvgIpc) is 2.17. The van der Waals surface area contributed by atoms with Crippen molar-refractivity contribution in [2.45, 2.75) is 18.8 Å². The largest absolute Gasteiger partial charge is 0.415 e. The van der Waals surface area contributed by atoms with E-state index in [0.717, 1.165) is 0 Å². The Morgan fingerprint density at radius 1 is 2.00 bits per heavy atom. The number of ether oxygens (including phenoxy) is 1. The molecule has 8 heavy (non-hydrogen) atoms. The molecule has 1 saturated heterocycles. The van der Waals surface area contributed by atoms with Crippen LogP contribution in [0.5, 0.6) is 0 Å². The van der Waals surface area contributed by atoms with Crippen LogP contribution in [0.3, 0.4) is 0 Å². The highest BCUT2D eigenvalue weighted by Crippen LogP contribution is 2.27. The summed E-state index contributed by atoms with van der Waals surface area (Å²) in [6.07, 6.45) is 0. The molecule has 46 valence electrons. The highest BCUT2D eigenvalue weighted by atomic mass is 16.8. The first-order valence-corrected chi connectivity index (χ1v) is 2.29. The van der Waals surface area contributed by atoms with E-state index in [1.807, 2.05) is 0 Å². The predicted octanol–water partition coefficient (Wildman–Crippen LogP) is -1.42. The maximum Gasteiger partial charge on any atom is 0.384 e. The number of hydrogen-bond acceptors (Lipinski definition) is 4. The molecule has 4 nitrogen and oxygen atoms in total. The Bertz CT molecular complexity index is 133. The number of nitrogens with two attached hydrogens (primary N) is 1. The minimum Gasteiger partial charge on any atom is -0.415 e. The highest BCUT2D eigenvalue weighted by Gasteiger charge is 2.60. The first kappa shape index (κ1) is 5.53. The monoisotopic (exact) mass is 117 g/mol. The fraction of sp³-hybridized carbons (Fsp3) is 0.750. The van der Waals surface area contributed by atoms with Gasteiger partial charge >= 0.3 is 11.8 Å². The number of hydrogen-bond donors (Lipinski definition) is 2. The third-order valence-electron chi connectivity index (χ3n) is 1.12. The van der Waals surface area contributed by atoms with Crippen LogP contribution in [-0.2, 0) is 9.53 Å². The van der Waals surface area contributed by atoms with Crippen molar-refractivity contribution in [1.82, 2.24) is 0 Å². The van der Waals surface area contributed by atoms with Gasteiger partial charge in [0.15, 0.2) is 0 Å². The number of epoxide rings is 1. The van der Waals surface area contributed by atoms with Gasteiger partial charge in [-0.1, -0.05) is 0 Å². The van der Waals surface area contributed by atoms with E-state index in [0.29, 0.717) is 0 Å². The van der Waals surface area contributed by atoms with Gasteiger partial charge in [0.1, 0.15) is 0 Å². The Kier molecular flexibility index (Phi) is 0.835. The average molecular weight is 117 g/mol. The van der Waals surface area contributed by atoms with Gasteiger partial charge in [-0.05, 0) is 6.92 Å². The molecule has 1 rings (SSSR count). The lowest BCUT2D eigenvalue weighted by Gasteiger charge is -2.01. The molecule has 3 N–H and O–H groups in total. The molecule has 0 radical (unpaired) electrons. The van der Waals surface area contributed by atoms with Crippen molar-refractivity contribution in [3.05, 3.63) is 0 Å². The molecule has 1 aliphatic heterocycles. The van der Waals surface area contributed by atoms with Crippen LogP contribution in [-0.4, -0.2) is 22.9 Å². The van der Waals surface area contributed by atoms with E-state index >= 15 is 0 Å². The van der Waals surface area contributed by atoms with Gasteiger partial charge in [0, 0.05) is 0 Å². The van der Waals surface area contributed by atoms with Crippen molar-refractivity contribution in [3.8, 4) is 0 Å². The fourth-order valence-corrected chi connectivity index (χ4v) is 0.395. The van der Waals surface area contributed by atoms with Gasteiger partial charge in [0.05, 0.1) is 6.04 Å². The van der Waals surface area contributed by atoms with E-state index < -0.39 is 17.8 Å². The van der Waals surface area contributed by atoms with E-state index in [4.69, 9.17) is 10.8 Å². The molecule has 2 atom stereocenters. The Morgan fingerprint density at radius 2 is 2.38 bits per heavy atom. The zero-order chi connectivity index (χ0) is 6.36. The van der Waals surface area contributed by atoms with Gasteiger partial charge in [-0.15, -0.1) is 0 Å². The van der Waals surface area contributed by atoms with E-state index in [9.17, 15) is 4.79 Å². The van der Waals surface area contributed by atoms with Gasteiger partial charge in [0.25, 0.3) is 0 Å². The summed E-state index contributed by atoms with van der Waals surface area (Å²) in [7, 11) is 0. The van der Waals surface area contributed by atoms with E-state index in [1.54, 1.807) is 0 Å². The topological polar surface area (TPSA) is 75.8 Å². The molecular formula is C4H7NO3. The molecule has 1 fully saturated rings. The summed E-state index contributed by atoms with van der Waals surface area (Å²) in [6, 6.07) is -0.630. The van der Waals surface area contributed by atoms with E-state index in [-0.39, 0.29) is 0 Å². The van der Waals surface area contributed by atoms with Crippen molar-refractivity contribution >= 4 is 5.97 Å². The molecule has 0 aromatic carbocycles. The first-order valence-electron chi connectivity index (χ1n) is 2.29. The number of aliphatic hydroxyl groups is 1. The summed E-state index contributed by atoms with van der Waals surface area (Å²) in [5, 5.41) is 8.78. The van der Waals surface area contributed by atoms with Gasteiger partial charge < -0.3 is 15.6 Å². The second-order valence-corrected chi connectivity index (χ2v) is 1.87. The molecule has 1 heterocycles. The van der Waals surface area contributed by atoms with Crippen LogP contribution in [0.15, 0.2) is 0 Å². The molecular weight excluding hydrogens is 110 g/mol. The minimum absolute atomic E-state index is 0.630. The van der Waals surface area contributed by atoms with Crippen LogP contribution in [0, 0.1) is 0 Å². The first-order chi connectivity index (χ1) is 3.57. The lowest BCUT2D eigenvalue weighted by molar-refractivity contribution is -0.118. The molecule has 1 aliphatic rings. The summed E-state index contributed by atoms with van der Waals surface area (Å²) in [4.78, 5) is 10.1. The zero-order valence-corrected chi connectivity index (χ0v) is 4.42. The molecule has 0 bridgehead atoms. The second-order valence-electron chi connectivity index (χ2n) is 1.87. The number of cyclic esters (lactones) is 1. The number of carbonyl (C=O) groups excluding carboxylic acids is 1. The Balaban J connectivity index is 2.59. The Hall–Kier alpha value is -0.610. The van der Waals surface area contributed by atoms with E-state index in [2.05, 4.69) is 4.74 Å². The molecule has 0 saturated carbocycles. The van der Waals surface area contributed by atoms with Gasteiger partial charge in [-0.3, -0.25) is 0 Å². The Labute approximate surface area is 46.2 Å². The molecule has 0 spiro atoms. The van der Waals surface area contributed by atoms with Crippen LogP contribution in [0.2, 0.25) is 0 Å². The lowest BCUT2D eigenvalue weighted by atomic mass is 10.2. The normalized spacial score (nSPS) is 38.6. The smallest absolute Gasteiger partial charge is 0.384 e. The quantitative estimate of drug-likeness (QED) is 0.413. The van der Waals surface area contributed by atoms with Crippen LogP contribution >= 0.6 is 0 Å². The summed E-state index contributed by atoms with van der Waals surface area (Å²) < 4.78 is 4.16. The van der Waals surface area contributed by atoms with Crippen LogP contribution in [0.1, 0.15) is 6.92 Å². The summed E-state index contributed by atoms with van der Waals surface area (Å²) in [6.45, 7) is 1.50. The highest BCUT2D eigenvalue weighted by molar-refractivity contribution is 5.91. The molecule has 0 aromatic rings. The molecule has 0 aromatic heterocycles. The Morgan fingerprint density at radius 3 is 2.38 bits per heavy atom. The van der Waals surface area contributed by atoms with Gasteiger partial charge in [-0.2, -0.15) is 0 Å². The maximum absolute atomic E-state index is 10.1. The number of rotatable bonds is 1. The van der Waals surface area contributed by atoms with Gasteiger partial charge in [-0.25, -0.2) is 4.79 Å². The third kappa shape index (κ3) is 0.502. The van der Waals surface area contributed by atoms with Crippen molar-refractivity contribution in [2.75, 3.05) is 0 Å². The van der Waals surface area contributed by atoms with Crippen molar-refractivity contribution in [2.24, 2.45) is 5.73 Å². The fourth-order valence-electron chi connectivity index (χ4n) is 0.395. The minimum atomic E-state index is -1.65. The van der Waals surface area contributed by atoms with Crippen LogP contribution in [0.4, 0.5) is 0 Å². The SMILES string of the molecule is CC(N)C1(O)OC1=O. The van der Waals surface area contributed by atoms with Crippen LogP contribution < -0.4 is 5.73 Å². The maximum atomic E-state index is 10.1. The molecule has 4 heteroatoms. The standard InChI is InChI=1S/C4H7NO3/c1-2(5)4(7)3(6)8-4/h2,7H,5H2,1H3.